The van der Waals surface area contributed by atoms with Crippen molar-refractivity contribution >= 4 is 15.9 Å². The van der Waals surface area contributed by atoms with Crippen LogP contribution in [-0.4, -0.2) is 62.4 Å². The number of rotatable bonds is 2. The Bertz CT molecular complexity index is 733. The SMILES string of the molecule is O=C1COC[C@H]2CN(S(=O)(=O)c3ccc(C(F)(F)F)cc3)CCN12. The van der Waals surface area contributed by atoms with Crippen molar-refractivity contribution in [1.29, 1.82) is 0 Å². The van der Waals surface area contributed by atoms with Crippen LogP contribution in [0.3, 0.4) is 0 Å². The van der Waals surface area contributed by atoms with Gasteiger partial charge in [0.1, 0.15) is 6.61 Å². The van der Waals surface area contributed by atoms with Gasteiger partial charge in [-0.1, -0.05) is 0 Å². The number of alkyl halides is 3. The van der Waals surface area contributed by atoms with E-state index in [0.29, 0.717) is 0 Å². The van der Waals surface area contributed by atoms with Crippen molar-refractivity contribution in [2.75, 3.05) is 32.8 Å². The Hall–Kier alpha value is -1.65. The molecule has 2 aliphatic heterocycles. The molecule has 10 heteroatoms. The molecular formula is C14H15F3N2O4S. The highest BCUT2D eigenvalue weighted by Gasteiger charge is 2.38. The molecule has 2 fully saturated rings. The zero-order chi connectivity index (χ0) is 17.5. The molecule has 6 nitrogen and oxygen atoms in total. The van der Waals surface area contributed by atoms with E-state index in [9.17, 15) is 26.4 Å². The number of benzene rings is 1. The number of fused-ring (bicyclic) bond motifs is 1. The lowest BCUT2D eigenvalue weighted by atomic mass is 10.2. The van der Waals surface area contributed by atoms with E-state index in [2.05, 4.69) is 0 Å². The third-order valence-electron chi connectivity index (χ3n) is 4.12. The Morgan fingerprint density at radius 2 is 1.79 bits per heavy atom. The van der Waals surface area contributed by atoms with Gasteiger partial charge in [0.2, 0.25) is 15.9 Å². The van der Waals surface area contributed by atoms with Crippen molar-refractivity contribution < 1.29 is 31.1 Å². The van der Waals surface area contributed by atoms with Gasteiger partial charge < -0.3 is 9.64 Å². The van der Waals surface area contributed by atoms with Gasteiger partial charge in [0.25, 0.3) is 0 Å². The predicted molar refractivity (Wildman–Crippen MR) is 76.5 cm³/mol. The third-order valence-corrected chi connectivity index (χ3v) is 6.00. The van der Waals surface area contributed by atoms with Crippen LogP contribution in [0.2, 0.25) is 0 Å². The smallest absolute Gasteiger partial charge is 0.369 e. The average molecular weight is 364 g/mol. The minimum Gasteiger partial charge on any atom is -0.369 e. The van der Waals surface area contributed by atoms with Crippen LogP contribution in [0.4, 0.5) is 13.2 Å². The van der Waals surface area contributed by atoms with Gasteiger partial charge in [-0.3, -0.25) is 4.79 Å². The third kappa shape index (κ3) is 3.13. The summed E-state index contributed by atoms with van der Waals surface area (Å²) in [6.45, 7) is 0.639. The second-order valence-corrected chi connectivity index (χ2v) is 7.58. The van der Waals surface area contributed by atoms with Gasteiger partial charge in [-0.15, -0.1) is 0 Å². The molecule has 132 valence electrons. The van der Waals surface area contributed by atoms with Crippen molar-refractivity contribution in [2.45, 2.75) is 17.1 Å². The highest BCUT2D eigenvalue weighted by atomic mass is 32.2. The number of piperazine rings is 1. The summed E-state index contributed by atoms with van der Waals surface area (Å²) < 4.78 is 69.3. The zero-order valence-corrected chi connectivity index (χ0v) is 13.3. The van der Waals surface area contributed by atoms with Gasteiger partial charge in [0.05, 0.1) is 23.1 Å². The molecule has 1 aromatic rings. The van der Waals surface area contributed by atoms with Crippen LogP contribution >= 0.6 is 0 Å². The largest absolute Gasteiger partial charge is 0.416 e. The molecule has 3 rings (SSSR count). The van der Waals surface area contributed by atoms with E-state index in [1.807, 2.05) is 0 Å². The maximum absolute atomic E-state index is 12.6. The molecule has 24 heavy (non-hydrogen) atoms. The first-order valence-corrected chi connectivity index (χ1v) is 8.68. The summed E-state index contributed by atoms with van der Waals surface area (Å²) in [6.07, 6.45) is -4.52. The number of halogens is 3. The molecule has 0 bridgehead atoms. The van der Waals surface area contributed by atoms with E-state index in [-0.39, 0.29) is 49.7 Å². The van der Waals surface area contributed by atoms with E-state index in [4.69, 9.17) is 4.74 Å². The summed E-state index contributed by atoms with van der Waals surface area (Å²) >= 11 is 0. The van der Waals surface area contributed by atoms with Crippen LogP contribution in [-0.2, 0) is 25.7 Å². The predicted octanol–water partition coefficient (Wildman–Crippen LogP) is 0.937. The summed E-state index contributed by atoms with van der Waals surface area (Å²) in [5.74, 6) is -0.183. The summed E-state index contributed by atoms with van der Waals surface area (Å²) in [4.78, 5) is 13.1. The van der Waals surface area contributed by atoms with Crippen molar-refractivity contribution in [3.8, 4) is 0 Å². The van der Waals surface area contributed by atoms with E-state index in [0.717, 1.165) is 24.3 Å². The van der Waals surface area contributed by atoms with Gasteiger partial charge in [-0.05, 0) is 24.3 Å². The molecule has 2 aliphatic rings. The minimum absolute atomic E-state index is 0.0118. The summed E-state index contributed by atoms with van der Waals surface area (Å²) in [5.41, 5.74) is -0.905. The molecule has 0 spiro atoms. The van der Waals surface area contributed by atoms with E-state index in [1.54, 1.807) is 4.90 Å². The van der Waals surface area contributed by atoms with E-state index < -0.39 is 21.8 Å². The number of hydrogen-bond acceptors (Lipinski definition) is 4. The highest BCUT2D eigenvalue weighted by Crippen LogP contribution is 2.30. The zero-order valence-electron chi connectivity index (χ0n) is 12.5. The van der Waals surface area contributed by atoms with Crippen LogP contribution in [0, 0.1) is 0 Å². The lowest BCUT2D eigenvalue weighted by Crippen LogP contribution is -2.61. The van der Waals surface area contributed by atoms with E-state index >= 15 is 0 Å². The molecule has 0 aliphatic carbocycles. The van der Waals surface area contributed by atoms with E-state index in [1.165, 1.54) is 4.31 Å². The second kappa shape index (κ2) is 6.01. The van der Waals surface area contributed by atoms with Crippen molar-refractivity contribution in [2.24, 2.45) is 0 Å². The Kier molecular flexibility index (Phi) is 4.30. The standard InChI is InChI=1S/C14H15F3N2O4S/c15-14(16,17)10-1-3-12(4-2-10)24(21,22)18-5-6-19-11(7-18)8-23-9-13(19)20/h1-4,11H,5-9H2/t11-/m1/s1. The van der Waals surface area contributed by atoms with Crippen LogP contribution in [0.5, 0.6) is 0 Å². The molecule has 1 aromatic carbocycles. The first-order valence-electron chi connectivity index (χ1n) is 7.24. The van der Waals surface area contributed by atoms with Crippen molar-refractivity contribution in [1.82, 2.24) is 9.21 Å². The molecule has 2 heterocycles. The number of hydrogen-bond donors (Lipinski definition) is 0. The first kappa shape index (κ1) is 17.2. The fraction of sp³-hybridized carbons (Fsp3) is 0.500. The fourth-order valence-electron chi connectivity index (χ4n) is 2.85. The summed E-state index contributed by atoms with van der Waals surface area (Å²) in [5, 5.41) is 0. The number of amides is 1. The summed E-state index contributed by atoms with van der Waals surface area (Å²) in [6, 6.07) is 3.02. The van der Waals surface area contributed by atoms with Gasteiger partial charge in [0.15, 0.2) is 0 Å². The average Bonchev–Trinajstić information content (AvgIpc) is 2.54. The minimum atomic E-state index is -4.52. The van der Waals surface area contributed by atoms with Crippen LogP contribution < -0.4 is 0 Å². The Labute approximate surface area is 136 Å². The first-order chi connectivity index (χ1) is 11.2. The maximum Gasteiger partial charge on any atom is 0.416 e. The topological polar surface area (TPSA) is 66.9 Å². The number of nitrogens with zero attached hydrogens (tertiary/aromatic N) is 2. The monoisotopic (exact) mass is 364 g/mol. The highest BCUT2D eigenvalue weighted by molar-refractivity contribution is 7.89. The fourth-order valence-corrected chi connectivity index (χ4v) is 4.31. The molecule has 1 atom stereocenters. The van der Waals surface area contributed by atoms with Crippen molar-refractivity contribution in [3.05, 3.63) is 29.8 Å². The Morgan fingerprint density at radius 3 is 2.42 bits per heavy atom. The molecule has 2 saturated heterocycles. The van der Waals surface area contributed by atoms with Gasteiger partial charge in [-0.25, -0.2) is 8.42 Å². The number of morpholine rings is 1. The summed E-state index contributed by atoms with van der Waals surface area (Å²) in [7, 11) is -3.92. The van der Waals surface area contributed by atoms with Crippen LogP contribution in [0.15, 0.2) is 29.2 Å². The molecule has 0 N–H and O–H groups in total. The normalized spacial score (nSPS) is 23.2. The lowest BCUT2D eigenvalue weighted by molar-refractivity contribution is -0.150. The van der Waals surface area contributed by atoms with Gasteiger partial charge in [-0.2, -0.15) is 17.5 Å². The van der Waals surface area contributed by atoms with Crippen molar-refractivity contribution in [3.63, 3.8) is 0 Å². The number of carbonyl (C=O) groups is 1. The Morgan fingerprint density at radius 1 is 1.12 bits per heavy atom. The maximum atomic E-state index is 12.6. The van der Waals surface area contributed by atoms with Gasteiger partial charge in [0, 0.05) is 19.6 Å². The van der Waals surface area contributed by atoms with Crippen LogP contribution in [0.1, 0.15) is 5.56 Å². The molecule has 1 amide bonds. The molecule has 0 aromatic heterocycles. The number of ether oxygens (including phenoxy) is 1. The molecule has 0 radical (unpaired) electrons. The number of sulfonamides is 1. The molecule has 0 saturated carbocycles. The second-order valence-electron chi connectivity index (χ2n) is 5.64. The number of carbonyl (C=O) groups excluding carboxylic acids is 1. The quantitative estimate of drug-likeness (QED) is 0.783. The van der Waals surface area contributed by atoms with Crippen LogP contribution in [0.25, 0.3) is 0 Å². The van der Waals surface area contributed by atoms with Gasteiger partial charge >= 0.3 is 6.18 Å². The lowest BCUT2D eigenvalue weighted by Gasteiger charge is -2.42. The molecular weight excluding hydrogens is 349 g/mol. The Balaban J connectivity index is 1.80. The molecule has 0 unspecified atom stereocenters.